The van der Waals surface area contributed by atoms with Crippen LogP contribution < -0.4 is 10.6 Å². The Kier molecular flexibility index (Phi) is 6.41. The van der Waals surface area contributed by atoms with Crippen molar-refractivity contribution in [3.63, 3.8) is 0 Å². The number of nitrogens with zero attached hydrogens (tertiary/aromatic N) is 2. The standard InChI is InChI=1S/C16H28N4O3/c1-11-4-6-20(7-5-11)10-14(21)8-17-16(22)18-9-15-19-12(2)13(3)23-15/h11,14,21H,4-10H2,1-3H3,(H2,17,18,22). The number of aryl methyl sites for hydroxylation is 2. The maximum absolute atomic E-state index is 11.7. The second-order valence-electron chi connectivity index (χ2n) is 6.45. The number of amides is 2. The van der Waals surface area contributed by atoms with Gasteiger partial charge < -0.3 is 25.1 Å². The SMILES string of the molecule is Cc1nc(CNC(=O)NCC(O)CN2CCC(C)CC2)oc1C. The number of oxazole rings is 1. The number of hydrogen-bond donors (Lipinski definition) is 3. The predicted molar refractivity (Wildman–Crippen MR) is 87.1 cm³/mol. The molecule has 0 radical (unpaired) electrons. The van der Waals surface area contributed by atoms with Crippen molar-refractivity contribution in [3.8, 4) is 0 Å². The highest BCUT2D eigenvalue weighted by Crippen LogP contribution is 2.15. The molecule has 2 rings (SSSR count). The number of rotatable bonds is 6. The summed E-state index contributed by atoms with van der Waals surface area (Å²) in [5, 5.41) is 15.4. The molecule has 0 spiro atoms. The van der Waals surface area contributed by atoms with E-state index in [9.17, 15) is 9.90 Å². The molecule has 1 saturated heterocycles. The maximum atomic E-state index is 11.7. The maximum Gasteiger partial charge on any atom is 0.315 e. The number of piperidine rings is 1. The van der Waals surface area contributed by atoms with Crippen LogP contribution in [0.3, 0.4) is 0 Å². The van der Waals surface area contributed by atoms with Gasteiger partial charge in [-0.25, -0.2) is 9.78 Å². The van der Waals surface area contributed by atoms with Crippen molar-refractivity contribution in [1.82, 2.24) is 20.5 Å². The lowest BCUT2D eigenvalue weighted by Gasteiger charge is -2.31. The van der Waals surface area contributed by atoms with Gasteiger partial charge in [-0.3, -0.25) is 0 Å². The first-order valence-electron chi connectivity index (χ1n) is 8.29. The fraction of sp³-hybridized carbons (Fsp3) is 0.750. The Labute approximate surface area is 137 Å². The third-order valence-corrected chi connectivity index (χ3v) is 4.32. The van der Waals surface area contributed by atoms with Crippen LogP contribution in [-0.2, 0) is 6.54 Å². The molecule has 0 aliphatic carbocycles. The number of nitrogens with one attached hydrogen (secondary N) is 2. The minimum atomic E-state index is -0.555. The van der Waals surface area contributed by atoms with Crippen molar-refractivity contribution in [3.05, 3.63) is 17.3 Å². The Morgan fingerprint density at radius 3 is 2.70 bits per heavy atom. The van der Waals surface area contributed by atoms with Gasteiger partial charge in [0.05, 0.1) is 18.3 Å². The van der Waals surface area contributed by atoms with Gasteiger partial charge in [0.1, 0.15) is 5.76 Å². The van der Waals surface area contributed by atoms with Crippen LogP contribution >= 0.6 is 0 Å². The fourth-order valence-electron chi connectivity index (χ4n) is 2.65. The molecule has 1 atom stereocenters. The zero-order valence-corrected chi connectivity index (χ0v) is 14.3. The van der Waals surface area contributed by atoms with Crippen LogP contribution in [0.1, 0.15) is 37.1 Å². The molecule has 23 heavy (non-hydrogen) atoms. The zero-order valence-electron chi connectivity index (χ0n) is 14.3. The van der Waals surface area contributed by atoms with Crippen molar-refractivity contribution in [2.45, 2.75) is 46.3 Å². The van der Waals surface area contributed by atoms with Gasteiger partial charge in [-0.15, -0.1) is 0 Å². The molecular formula is C16H28N4O3. The molecule has 1 unspecified atom stereocenters. The predicted octanol–water partition coefficient (Wildman–Crippen LogP) is 1.18. The van der Waals surface area contributed by atoms with Gasteiger partial charge in [-0.1, -0.05) is 6.92 Å². The third-order valence-electron chi connectivity index (χ3n) is 4.32. The quantitative estimate of drug-likeness (QED) is 0.731. The molecule has 0 bridgehead atoms. The molecule has 3 N–H and O–H groups in total. The molecule has 7 nitrogen and oxygen atoms in total. The van der Waals surface area contributed by atoms with E-state index < -0.39 is 6.10 Å². The average molecular weight is 324 g/mol. The molecule has 0 saturated carbocycles. The van der Waals surface area contributed by atoms with E-state index >= 15 is 0 Å². The Bertz CT molecular complexity index is 490. The number of hydrogen-bond acceptors (Lipinski definition) is 5. The zero-order chi connectivity index (χ0) is 16.8. The molecule has 130 valence electrons. The van der Waals surface area contributed by atoms with Gasteiger partial charge in [-0.05, 0) is 45.7 Å². The van der Waals surface area contributed by atoms with Gasteiger partial charge in [0.25, 0.3) is 0 Å². The lowest BCUT2D eigenvalue weighted by molar-refractivity contribution is 0.0920. The molecule has 7 heteroatoms. The summed E-state index contributed by atoms with van der Waals surface area (Å²) in [6.07, 6.45) is 1.80. The van der Waals surface area contributed by atoms with Crippen molar-refractivity contribution in [1.29, 1.82) is 0 Å². The van der Waals surface area contributed by atoms with E-state index in [1.54, 1.807) is 0 Å². The second-order valence-corrected chi connectivity index (χ2v) is 6.45. The molecule has 2 heterocycles. The number of β-amino-alcohol motifs (C(OH)–C–C–N with tert-alkyl or cyclic N) is 1. The van der Waals surface area contributed by atoms with Gasteiger partial charge in [0.15, 0.2) is 0 Å². The monoisotopic (exact) mass is 324 g/mol. The fourth-order valence-corrected chi connectivity index (χ4v) is 2.65. The molecule has 1 aliphatic rings. The minimum Gasteiger partial charge on any atom is -0.444 e. The van der Waals surface area contributed by atoms with Gasteiger partial charge in [0, 0.05) is 13.1 Å². The first-order chi connectivity index (χ1) is 10.9. The summed E-state index contributed by atoms with van der Waals surface area (Å²) in [7, 11) is 0. The van der Waals surface area contributed by atoms with Crippen LogP contribution in [0.4, 0.5) is 4.79 Å². The molecule has 2 amide bonds. The van der Waals surface area contributed by atoms with Crippen molar-refractivity contribution < 1.29 is 14.3 Å². The lowest BCUT2D eigenvalue weighted by Crippen LogP contribution is -2.45. The molecule has 0 aromatic carbocycles. The number of aliphatic hydroxyl groups excluding tert-OH is 1. The number of carbonyl (C=O) groups is 1. The highest BCUT2D eigenvalue weighted by atomic mass is 16.4. The molecular weight excluding hydrogens is 296 g/mol. The van der Waals surface area contributed by atoms with E-state index in [0.717, 1.165) is 30.5 Å². The van der Waals surface area contributed by atoms with Crippen LogP contribution in [0.2, 0.25) is 0 Å². The Morgan fingerprint density at radius 2 is 2.09 bits per heavy atom. The molecule has 1 fully saturated rings. The van der Waals surface area contributed by atoms with Crippen LogP contribution in [-0.4, -0.2) is 53.3 Å². The topological polar surface area (TPSA) is 90.6 Å². The molecule has 1 aliphatic heterocycles. The summed E-state index contributed by atoms with van der Waals surface area (Å²) in [4.78, 5) is 18.2. The summed E-state index contributed by atoms with van der Waals surface area (Å²) in [6, 6.07) is -0.329. The summed E-state index contributed by atoms with van der Waals surface area (Å²) in [5.41, 5.74) is 0.827. The lowest BCUT2D eigenvalue weighted by atomic mass is 9.99. The summed E-state index contributed by atoms with van der Waals surface area (Å²) < 4.78 is 5.39. The van der Waals surface area contributed by atoms with E-state index in [2.05, 4.69) is 27.4 Å². The smallest absolute Gasteiger partial charge is 0.315 e. The Hall–Kier alpha value is -1.60. The van der Waals surface area contributed by atoms with Crippen LogP contribution in [0.5, 0.6) is 0 Å². The number of aromatic nitrogens is 1. The van der Waals surface area contributed by atoms with E-state index in [4.69, 9.17) is 4.42 Å². The number of urea groups is 1. The summed E-state index contributed by atoms with van der Waals surface area (Å²) in [6.45, 7) is 9.08. The van der Waals surface area contributed by atoms with Crippen LogP contribution in [0.15, 0.2) is 4.42 Å². The van der Waals surface area contributed by atoms with Crippen LogP contribution in [0, 0.1) is 19.8 Å². The summed E-state index contributed by atoms with van der Waals surface area (Å²) in [5.74, 6) is 2.02. The first kappa shape index (κ1) is 17.7. The second kappa shape index (κ2) is 8.31. The van der Waals surface area contributed by atoms with Crippen molar-refractivity contribution >= 4 is 6.03 Å². The van der Waals surface area contributed by atoms with Crippen LogP contribution in [0.25, 0.3) is 0 Å². The largest absolute Gasteiger partial charge is 0.444 e. The Morgan fingerprint density at radius 1 is 1.39 bits per heavy atom. The van der Waals surface area contributed by atoms with Crippen molar-refractivity contribution in [2.75, 3.05) is 26.2 Å². The summed E-state index contributed by atoms with van der Waals surface area (Å²) >= 11 is 0. The molecule has 1 aromatic rings. The minimum absolute atomic E-state index is 0.237. The number of aliphatic hydroxyl groups is 1. The average Bonchev–Trinajstić information content (AvgIpc) is 2.84. The number of likely N-dealkylation sites (tertiary alicyclic amines) is 1. The van der Waals surface area contributed by atoms with Gasteiger partial charge >= 0.3 is 6.03 Å². The van der Waals surface area contributed by atoms with Gasteiger partial charge in [0.2, 0.25) is 5.89 Å². The van der Waals surface area contributed by atoms with E-state index in [1.807, 2.05) is 13.8 Å². The highest BCUT2D eigenvalue weighted by molar-refractivity contribution is 5.73. The van der Waals surface area contributed by atoms with Gasteiger partial charge in [-0.2, -0.15) is 0 Å². The van der Waals surface area contributed by atoms with E-state index in [0.29, 0.717) is 12.4 Å². The number of carbonyl (C=O) groups excluding carboxylic acids is 1. The highest BCUT2D eigenvalue weighted by Gasteiger charge is 2.18. The van der Waals surface area contributed by atoms with E-state index in [-0.39, 0.29) is 19.1 Å². The Balaban J connectivity index is 1.61. The molecule has 1 aromatic heterocycles. The first-order valence-corrected chi connectivity index (χ1v) is 8.29. The third kappa shape index (κ3) is 5.84. The van der Waals surface area contributed by atoms with Crippen molar-refractivity contribution in [2.24, 2.45) is 5.92 Å². The normalized spacial score (nSPS) is 17.9. The van der Waals surface area contributed by atoms with E-state index in [1.165, 1.54) is 12.8 Å².